The molecule has 3 nitrogen and oxygen atoms in total. The Labute approximate surface area is 87.2 Å². The SMILES string of the molecule is CCC(C)CNCCC1CS(=O)(=O)C1. The van der Waals surface area contributed by atoms with Gasteiger partial charge < -0.3 is 5.32 Å². The van der Waals surface area contributed by atoms with Gasteiger partial charge in [0.05, 0.1) is 11.5 Å². The first-order valence-corrected chi connectivity index (χ1v) is 7.26. The molecular formula is C10H21NO2S. The average molecular weight is 219 g/mol. The summed E-state index contributed by atoms with van der Waals surface area (Å²) in [5, 5.41) is 3.37. The van der Waals surface area contributed by atoms with Crippen LogP contribution < -0.4 is 5.32 Å². The topological polar surface area (TPSA) is 46.2 Å². The van der Waals surface area contributed by atoms with Crippen molar-refractivity contribution in [3.63, 3.8) is 0 Å². The van der Waals surface area contributed by atoms with Crippen LogP contribution in [0.2, 0.25) is 0 Å². The van der Waals surface area contributed by atoms with Gasteiger partial charge in [-0.25, -0.2) is 8.42 Å². The number of hydrogen-bond donors (Lipinski definition) is 1. The molecule has 1 fully saturated rings. The molecule has 0 aromatic heterocycles. The molecule has 14 heavy (non-hydrogen) atoms. The Bertz CT molecular complexity index is 249. The van der Waals surface area contributed by atoms with Crippen molar-refractivity contribution in [1.29, 1.82) is 0 Å². The highest BCUT2D eigenvalue weighted by Crippen LogP contribution is 2.20. The highest BCUT2D eigenvalue weighted by molar-refractivity contribution is 7.92. The second-order valence-electron chi connectivity index (χ2n) is 4.45. The second-order valence-corrected chi connectivity index (χ2v) is 6.60. The van der Waals surface area contributed by atoms with Crippen LogP contribution in [0.4, 0.5) is 0 Å². The van der Waals surface area contributed by atoms with Crippen LogP contribution in [0.25, 0.3) is 0 Å². The minimum atomic E-state index is -2.62. The predicted octanol–water partition coefficient (Wildman–Crippen LogP) is 1.06. The molecule has 84 valence electrons. The van der Waals surface area contributed by atoms with Gasteiger partial charge in [0.2, 0.25) is 0 Å². The van der Waals surface area contributed by atoms with E-state index in [1.807, 2.05) is 0 Å². The molecule has 1 unspecified atom stereocenters. The van der Waals surface area contributed by atoms with Crippen LogP contribution in [0.5, 0.6) is 0 Å². The van der Waals surface area contributed by atoms with Gasteiger partial charge in [0.1, 0.15) is 0 Å². The van der Waals surface area contributed by atoms with Gasteiger partial charge >= 0.3 is 0 Å². The molecule has 1 saturated heterocycles. The molecule has 0 radical (unpaired) electrons. The monoisotopic (exact) mass is 219 g/mol. The van der Waals surface area contributed by atoms with Crippen LogP contribution in [0.15, 0.2) is 0 Å². The van der Waals surface area contributed by atoms with Crippen molar-refractivity contribution in [3.8, 4) is 0 Å². The minimum absolute atomic E-state index is 0.415. The fraction of sp³-hybridized carbons (Fsp3) is 1.00. The molecule has 0 spiro atoms. The zero-order chi connectivity index (χ0) is 10.6. The van der Waals surface area contributed by atoms with E-state index >= 15 is 0 Å². The molecule has 0 bridgehead atoms. The van der Waals surface area contributed by atoms with Crippen LogP contribution in [-0.4, -0.2) is 33.0 Å². The number of hydrogen-bond acceptors (Lipinski definition) is 3. The van der Waals surface area contributed by atoms with Crippen molar-refractivity contribution in [2.75, 3.05) is 24.6 Å². The van der Waals surface area contributed by atoms with E-state index in [0.717, 1.165) is 25.4 Å². The van der Waals surface area contributed by atoms with E-state index in [0.29, 0.717) is 17.4 Å². The van der Waals surface area contributed by atoms with E-state index < -0.39 is 9.84 Å². The van der Waals surface area contributed by atoms with Gasteiger partial charge in [-0.15, -0.1) is 0 Å². The van der Waals surface area contributed by atoms with Crippen molar-refractivity contribution < 1.29 is 8.42 Å². The summed E-state index contributed by atoms with van der Waals surface area (Å²) in [6.45, 7) is 6.42. The van der Waals surface area contributed by atoms with E-state index in [2.05, 4.69) is 19.2 Å². The van der Waals surface area contributed by atoms with Gasteiger partial charge in [0.25, 0.3) is 0 Å². The smallest absolute Gasteiger partial charge is 0.150 e. The lowest BCUT2D eigenvalue weighted by atomic mass is 10.1. The summed E-state index contributed by atoms with van der Waals surface area (Å²) in [5.74, 6) is 1.97. The van der Waals surface area contributed by atoms with Crippen molar-refractivity contribution >= 4 is 9.84 Å². The summed E-state index contributed by atoms with van der Waals surface area (Å²) < 4.78 is 21.7. The van der Waals surface area contributed by atoms with E-state index in [1.165, 1.54) is 6.42 Å². The number of sulfone groups is 1. The Morgan fingerprint density at radius 1 is 1.43 bits per heavy atom. The zero-order valence-electron chi connectivity index (χ0n) is 9.12. The third-order valence-corrected chi connectivity index (χ3v) is 4.86. The molecule has 0 amide bonds. The lowest BCUT2D eigenvalue weighted by molar-refractivity contribution is 0.451. The molecule has 1 heterocycles. The van der Waals surface area contributed by atoms with Crippen molar-refractivity contribution in [2.45, 2.75) is 26.7 Å². The average Bonchev–Trinajstić information content (AvgIpc) is 2.08. The molecule has 1 aliphatic heterocycles. The Morgan fingerprint density at radius 3 is 2.57 bits per heavy atom. The molecule has 1 atom stereocenters. The second kappa shape index (κ2) is 5.12. The summed E-state index contributed by atoms with van der Waals surface area (Å²) >= 11 is 0. The fourth-order valence-corrected chi connectivity index (χ4v) is 3.31. The highest BCUT2D eigenvalue weighted by atomic mass is 32.2. The molecule has 4 heteroatoms. The Morgan fingerprint density at radius 2 is 2.07 bits per heavy atom. The maximum atomic E-state index is 10.9. The maximum absolute atomic E-state index is 10.9. The first-order valence-electron chi connectivity index (χ1n) is 5.44. The van der Waals surface area contributed by atoms with Crippen LogP contribution in [0.1, 0.15) is 26.7 Å². The minimum Gasteiger partial charge on any atom is -0.316 e. The summed E-state index contributed by atoms with van der Waals surface area (Å²) in [7, 11) is -2.62. The van der Waals surface area contributed by atoms with Gasteiger partial charge in [0.15, 0.2) is 9.84 Å². The third kappa shape index (κ3) is 3.96. The van der Waals surface area contributed by atoms with Crippen LogP contribution >= 0.6 is 0 Å². The van der Waals surface area contributed by atoms with Gasteiger partial charge in [-0.2, -0.15) is 0 Å². The van der Waals surface area contributed by atoms with E-state index in [9.17, 15) is 8.42 Å². The van der Waals surface area contributed by atoms with Crippen LogP contribution in [0, 0.1) is 11.8 Å². The molecule has 1 aliphatic rings. The van der Waals surface area contributed by atoms with E-state index in [-0.39, 0.29) is 0 Å². The van der Waals surface area contributed by atoms with E-state index in [1.54, 1.807) is 0 Å². The zero-order valence-corrected chi connectivity index (χ0v) is 9.94. The largest absolute Gasteiger partial charge is 0.316 e. The summed E-state index contributed by atoms with van der Waals surface area (Å²) in [6, 6.07) is 0. The highest BCUT2D eigenvalue weighted by Gasteiger charge is 2.32. The van der Waals surface area contributed by atoms with Crippen molar-refractivity contribution in [1.82, 2.24) is 5.32 Å². The molecule has 0 saturated carbocycles. The normalized spacial score (nSPS) is 23.0. The Hall–Kier alpha value is -0.0900. The first kappa shape index (κ1) is 12.0. The van der Waals surface area contributed by atoms with Crippen LogP contribution in [-0.2, 0) is 9.84 Å². The summed E-state index contributed by atoms with van der Waals surface area (Å²) in [6.07, 6.45) is 2.21. The maximum Gasteiger partial charge on any atom is 0.150 e. The van der Waals surface area contributed by atoms with Gasteiger partial charge in [-0.1, -0.05) is 20.3 Å². The summed E-state index contributed by atoms with van der Waals surface area (Å²) in [4.78, 5) is 0. The quantitative estimate of drug-likeness (QED) is 0.679. The fourth-order valence-electron chi connectivity index (χ4n) is 1.64. The van der Waals surface area contributed by atoms with Gasteiger partial charge in [0, 0.05) is 0 Å². The first-order chi connectivity index (χ1) is 6.53. The predicted molar refractivity (Wildman–Crippen MR) is 59.1 cm³/mol. The van der Waals surface area contributed by atoms with E-state index in [4.69, 9.17) is 0 Å². The molecule has 1 N–H and O–H groups in total. The number of nitrogens with one attached hydrogen (secondary N) is 1. The van der Waals surface area contributed by atoms with Gasteiger partial charge in [-0.3, -0.25) is 0 Å². The lowest BCUT2D eigenvalue weighted by Gasteiger charge is -2.25. The molecule has 0 aromatic carbocycles. The van der Waals surface area contributed by atoms with Crippen LogP contribution in [0.3, 0.4) is 0 Å². The molecule has 0 aromatic rings. The Balaban J connectivity index is 1.96. The number of rotatable bonds is 6. The van der Waals surface area contributed by atoms with Crippen molar-refractivity contribution in [2.24, 2.45) is 11.8 Å². The third-order valence-electron chi connectivity index (χ3n) is 2.90. The van der Waals surface area contributed by atoms with Gasteiger partial charge in [-0.05, 0) is 31.3 Å². The standard InChI is InChI=1S/C10H21NO2S/c1-3-9(2)6-11-5-4-10-7-14(12,13)8-10/h9-11H,3-8H2,1-2H3. The molecule has 0 aliphatic carbocycles. The summed E-state index contributed by atoms with van der Waals surface area (Å²) in [5.41, 5.74) is 0. The molecular weight excluding hydrogens is 198 g/mol. The van der Waals surface area contributed by atoms with Crippen molar-refractivity contribution in [3.05, 3.63) is 0 Å². The Kier molecular flexibility index (Phi) is 4.38. The lowest BCUT2D eigenvalue weighted by Crippen LogP contribution is -2.38. The molecule has 1 rings (SSSR count).